The summed E-state index contributed by atoms with van der Waals surface area (Å²) in [7, 11) is 1.36. The van der Waals surface area contributed by atoms with Gasteiger partial charge in [-0.3, -0.25) is 14.8 Å². The van der Waals surface area contributed by atoms with Crippen LogP contribution in [0.2, 0.25) is 0 Å². The van der Waals surface area contributed by atoms with Gasteiger partial charge in [0.25, 0.3) is 0 Å². The fraction of sp³-hybridized carbons (Fsp3) is 0.686. The zero-order chi connectivity index (χ0) is 32.0. The number of methoxy groups -OCH3 is 1. The summed E-state index contributed by atoms with van der Waals surface area (Å²) in [5.41, 5.74) is 3.29. The Bertz CT molecular complexity index is 1050. The number of ether oxygens (including phenoxy) is 5. The second-order valence-electron chi connectivity index (χ2n) is 11.5. The molecule has 3 heterocycles. The minimum Gasteiger partial charge on any atom is -0.464 e. The average Bonchev–Trinajstić information content (AvgIpc) is 3.05. The van der Waals surface area contributed by atoms with Crippen LogP contribution in [0, 0.1) is 6.92 Å². The number of pyridine rings is 2. The van der Waals surface area contributed by atoms with E-state index in [0.29, 0.717) is 78.2 Å². The van der Waals surface area contributed by atoms with Gasteiger partial charge in [0, 0.05) is 38.4 Å². The lowest BCUT2D eigenvalue weighted by Gasteiger charge is -2.32. The molecule has 1 fully saturated rings. The molecule has 0 aliphatic carbocycles. The lowest BCUT2D eigenvalue weighted by Crippen LogP contribution is -2.36. The van der Waals surface area contributed by atoms with Crippen LogP contribution in [0.25, 0.3) is 0 Å². The van der Waals surface area contributed by atoms with Gasteiger partial charge in [-0.1, -0.05) is 57.6 Å². The number of aryl methyl sites for hydroxylation is 1. The van der Waals surface area contributed by atoms with E-state index in [2.05, 4.69) is 46.8 Å². The Labute approximate surface area is 270 Å². The van der Waals surface area contributed by atoms with Crippen LogP contribution in [0.4, 0.5) is 0 Å². The first kappa shape index (κ1) is 37.0. The third-order valence-corrected chi connectivity index (χ3v) is 8.00. The van der Waals surface area contributed by atoms with E-state index in [4.69, 9.17) is 28.7 Å². The molecule has 2 aromatic heterocycles. The number of hydrogen-bond acceptors (Lipinski definition) is 10. The molecule has 1 atom stereocenters. The van der Waals surface area contributed by atoms with Crippen LogP contribution in [0.3, 0.4) is 0 Å². The molecule has 0 saturated carbocycles. The van der Waals surface area contributed by atoms with E-state index in [1.54, 1.807) is 6.07 Å². The predicted molar refractivity (Wildman–Crippen MR) is 175 cm³/mol. The van der Waals surface area contributed by atoms with E-state index in [1.165, 1.54) is 45.6 Å². The van der Waals surface area contributed by atoms with Crippen molar-refractivity contribution in [1.29, 1.82) is 0 Å². The predicted octanol–water partition coefficient (Wildman–Crippen LogP) is 5.25. The fourth-order valence-corrected chi connectivity index (χ4v) is 5.49. The number of carbonyl (C=O) groups excluding carboxylic acids is 1. The molecular formula is C35H56N4O6. The minimum atomic E-state index is -0.438. The Morgan fingerprint density at radius 1 is 0.778 bits per heavy atom. The summed E-state index contributed by atoms with van der Waals surface area (Å²) >= 11 is 0. The molecule has 45 heavy (non-hydrogen) atoms. The van der Waals surface area contributed by atoms with E-state index in [0.717, 1.165) is 36.6 Å². The minimum absolute atomic E-state index is 0.232. The molecule has 1 unspecified atom stereocenters. The molecular weight excluding hydrogens is 572 g/mol. The van der Waals surface area contributed by atoms with Crippen molar-refractivity contribution in [3.05, 3.63) is 59.2 Å². The largest absolute Gasteiger partial charge is 0.464 e. The molecule has 3 rings (SSSR count). The lowest BCUT2D eigenvalue weighted by atomic mass is 10.0. The molecule has 0 aromatic carbocycles. The Kier molecular flexibility index (Phi) is 18.9. The number of esters is 1. The second kappa shape index (κ2) is 22.9. The molecule has 1 aliphatic rings. The molecule has 1 saturated heterocycles. The van der Waals surface area contributed by atoms with Gasteiger partial charge in [0.1, 0.15) is 5.69 Å². The Morgan fingerprint density at radius 2 is 1.38 bits per heavy atom. The summed E-state index contributed by atoms with van der Waals surface area (Å²) in [6, 6.07) is 12.0. The first-order valence-corrected chi connectivity index (χ1v) is 16.9. The number of rotatable bonds is 12. The number of carbonyl (C=O) groups is 1. The summed E-state index contributed by atoms with van der Waals surface area (Å²) in [6.45, 7) is 12.5. The van der Waals surface area contributed by atoms with Gasteiger partial charge in [0.2, 0.25) is 0 Å². The highest BCUT2D eigenvalue weighted by Crippen LogP contribution is 2.26. The van der Waals surface area contributed by atoms with Crippen LogP contribution < -0.4 is 0 Å². The summed E-state index contributed by atoms with van der Waals surface area (Å²) in [5, 5.41) is 0. The van der Waals surface area contributed by atoms with Gasteiger partial charge in [-0.15, -0.1) is 0 Å². The molecule has 2 aromatic rings. The number of unbranched alkanes of at least 4 members (excludes halogenated alkanes) is 5. The summed E-state index contributed by atoms with van der Waals surface area (Å²) in [6.07, 6.45) is 8.72. The standard InChI is InChI=1S/C35H56N4O6/c1-4-5-6-7-8-9-16-34(32-14-10-12-30(2)36-32)39-19-23-44-27-25-42-21-17-38(18-22-43-26-28-45-24-20-39)29-31-13-11-15-33(37-31)35(40)41-3/h10-15,34H,4-9,16-29H2,1-3H3. The molecule has 0 N–H and O–H groups in total. The van der Waals surface area contributed by atoms with Crippen LogP contribution in [0.15, 0.2) is 36.4 Å². The highest BCUT2D eigenvalue weighted by molar-refractivity contribution is 5.87. The summed E-state index contributed by atoms with van der Waals surface area (Å²) < 4.78 is 28.8. The van der Waals surface area contributed by atoms with Crippen LogP contribution >= 0.6 is 0 Å². The molecule has 0 radical (unpaired) electrons. The lowest BCUT2D eigenvalue weighted by molar-refractivity contribution is 0.000266. The Balaban J connectivity index is 1.54. The van der Waals surface area contributed by atoms with Crippen molar-refractivity contribution in [2.24, 2.45) is 0 Å². The fourth-order valence-electron chi connectivity index (χ4n) is 5.49. The maximum absolute atomic E-state index is 11.9. The van der Waals surface area contributed by atoms with Crippen LogP contribution in [0.1, 0.15) is 85.5 Å². The molecule has 1 aliphatic heterocycles. The van der Waals surface area contributed by atoms with Crippen molar-refractivity contribution in [3.8, 4) is 0 Å². The van der Waals surface area contributed by atoms with Gasteiger partial charge in [-0.25, -0.2) is 9.78 Å². The van der Waals surface area contributed by atoms with Gasteiger partial charge >= 0.3 is 5.97 Å². The number of hydrogen-bond donors (Lipinski definition) is 0. The van der Waals surface area contributed by atoms with Crippen molar-refractivity contribution >= 4 is 5.97 Å². The normalized spacial score (nSPS) is 18.1. The van der Waals surface area contributed by atoms with Crippen molar-refractivity contribution in [2.45, 2.75) is 71.4 Å². The third kappa shape index (κ3) is 15.1. The third-order valence-electron chi connectivity index (χ3n) is 8.00. The quantitative estimate of drug-likeness (QED) is 0.229. The first-order chi connectivity index (χ1) is 22.1. The smallest absolute Gasteiger partial charge is 0.356 e. The highest BCUT2D eigenvalue weighted by Gasteiger charge is 2.22. The molecule has 252 valence electrons. The van der Waals surface area contributed by atoms with Crippen molar-refractivity contribution in [2.75, 3.05) is 86.1 Å². The monoisotopic (exact) mass is 628 g/mol. The van der Waals surface area contributed by atoms with Crippen molar-refractivity contribution in [1.82, 2.24) is 19.8 Å². The second-order valence-corrected chi connectivity index (χ2v) is 11.5. The average molecular weight is 629 g/mol. The van der Waals surface area contributed by atoms with E-state index in [9.17, 15) is 4.79 Å². The zero-order valence-electron chi connectivity index (χ0n) is 27.9. The maximum atomic E-state index is 11.9. The van der Waals surface area contributed by atoms with Gasteiger partial charge < -0.3 is 23.7 Å². The van der Waals surface area contributed by atoms with E-state index < -0.39 is 5.97 Å². The summed E-state index contributed by atoms with van der Waals surface area (Å²) in [4.78, 5) is 26.0. The number of aromatic nitrogens is 2. The number of nitrogens with zero attached hydrogens (tertiary/aromatic N) is 4. The molecule has 0 amide bonds. The van der Waals surface area contributed by atoms with Crippen LogP contribution in [-0.2, 0) is 30.2 Å². The first-order valence-electron chi connectivity index (χ1n) is 16.9. The topological polar surface area (TPSA) is 95.5 Å². The van der Waals surface area contributed by atoms with E-state index in [1.807, 2.05) is 12.1 Å². The maximum Gasteiger partial charge on any atom is 0.356 e. The molecule has 0 spiro atoms. The van der Waals surface area contributed by atoms with Gasteiger partial charge in [-0.05, 0) is 37.6 Å². The van der Waals surface area contributed by atoms with Crippen molar-refractivity contribution < 1.29 is 28.5 Å². The van der Waals surface area contributed by atoms with Crippen LogP contribution in [-0.4, -0.2) is 112 Å². The highest BCUT2D eigenvalue weighted by atomic mass is 16.5. The Morgan fingerprint density at radius 3 is 2.00 bits per heavy atom. The Hall–Kier alpha value is -2.47. The van der Waals surface area contributed by atoms with E-state index >= 15 is 0 Å². The zero-order valence-corrected chi connectivity index (χ0v) is 27.9. The SMILES string of the molecule is CCCCCCCCC(c1cccc(C)n1)N1CCOCCOCCN(Cc2cccc(C(=O)OC)n2)CCOCCOCC1. The summed E-state index contributed by atoms with van der Waals surface area (Å²) in [5.74, 6) is -0.438. The van der Waals surface area contributed by atoms with Gasteiger partial charge in [-0.2, -0.15) is 0 Å². The molecule has 10 heteroatoms. The molecule has 10 nitrogen and oxygen atoms in total. The van der Waals surface area contributed by atoms with E-state index in [-0.39, 0.29) is 6.04 Å². The van der Waals surface area contributed by atoms with Crippen molar-refractivity contribution in [3.63, 3.8) is 0 Å². The van der Waals surface area contributed by atoms with Gasteiger partial charge in [0.15, 0.2) is 0 Å². The van der Waals surface area contributed by atoms with Gasteiger partial charge in [0.05, 0.1) is 77.4 Å². The van der Waals surface area contributed by atoms with Crippen LogP contribution in [0.5, 0.6) is 0 Å². The molecule has 0 bridgehead atoms.